The summed E-state index contributed by atoms with van der Waals surface area (Å²) < 4.78 is 48.3. The van der Waals surface area contributed by atoms with Crippen LogP contribution in [0.1, 0.15) is 82.4 Å². The Morgan fingerprint density at radius 1 is 1.14 bits per heavy atom. The minimum Gasteiger partial charge on any atom is -0.483 e. The average Bonchev–Trinajstić information content (AvgIpc) is 3.95. The van der Waals surface area contributed by atoms with Crippen molar-refractivity contribution in [1.29, 1.82) is 0 Å². The summed E-state index contributed by atoms with van der Waals surface area (Å²) in [6.45, 7) is 3.30. The fourth-order valence-corrected chi connectivity index (χ4v) is 9.12. The van der Waals surface area contributed by atoms with Crippen LogP contribution in [0.5, 0.6) is 5.75 Å². The van der Waals surface area contributed by atoms with Crippen LogP contribution in [-0.4, -0.2) is 81.7 Å². The van der Waals surface area contributed by atoms with Crippen LogP contribution >= 0.6 is 0 Å². The van der Waals surface area contributed by atoms with Crippen LogP contribution in [0, 0.1) is 18.7 Å². The predicted molar refractivity (Wildman–Crippen MR) is 179 cm³/mol. The number of carbonyl (C=O) groups excluding carboxylic acids is 3. The van der Waals surface area contributed by atoms with Gasteiger partial charge in [0.25, 0.3) is 5.91 Å². The molecule has 2 saturated carbocycles. The fraction of sp³-hybridized carbons (Fsp3) is 0.571. The van der Waals surface area contributed by atoms with Gasteiger partial charge < -0.3 is 25.4 Å². The van der Waals surface area contributed by atoms with E-state index in [1.807, 2.05) is 12.2 Å². The molecule has 2 aromatic rings. The van der Waals surface area contributed by atoms with E-state index in [0.29, 0.717) is 67.3 Å². The number of pyridine rings is 1. The molecule has 7 rings (SSSR count). The van der Waals surface area contributed by atoms with Crippen molar-refractivity contribution in [1.82, 2.24) is 25.2 Å². The highest BCUT2D eigenvalue weighted by molar-refractivity contribution is 7.91. The van der Waals surface area contributed by atoms with Gasteiger partial charge in [0.05, 0.1) is 22.5 Å². The minimum absolute atomic E-state index is 0.0268. The molecule has 3 fully saturated rings. The molecular weight excluding hydrogens is 669 g/mol. The Morgan fingerprint density at radius 2 is 1.92 bits per heavy atom. The van der Waals surface area contributed by atoms with Gasteiger partial charge in [0.15, 0.2) is 0 Å². The molecule has 50 heavy (non-hydrogen) atoms. The average molecular weight is 712 g/mol. The van der Waals surface area contributed by atoms with E-state index in [9.17, 15) is 37.1 Å². The largest absolute Gasteiger partial charge is 0.483 e. The van der Waals surface area contributed by atoms with E-state index in [1.165, 1.54) is 17.0 Å². The molecule has 4 amide bonds. The highest BCUT2D eigenvalue weighted by Crippen LogP contribution is 2.49. The summed E-state index contributed by atoms with van der Waals surface area (Å²) in [5, 5.41) is 15.5. The number of hydrogen-bond acceptors (Lipinski definition) is 8. The van der Waals surface area contributed by atoms with Crippen molar-refractivity contribution in [3.05, 3.63) is 47.4 Å². The lowest BCUT2D eigenvalue weighted by Gasteiger charge is -2.36. The zero-order valence-corrected chi connectivity index (χ0v) is 28.9. The SMILES string of the molecule is Cc1nc2ccc(F)cc2c2c1O[C@]1(CC2)C[C@H]2C(=O)N[C@]3(C(=O)NS(=O)(=O)C4(C)CC4)C[C@H]3/C=C\CCCCC[C@H](NC(=O)O)C(=O)N2C1. The second-order valence-electron chi connectivity index (χ2n) is 14.9. The number of sulfonamides is 1. The van der Waals surface area contributed by atoms with Crippen molar-refractivity contribution in [2.24, 2.45) is 5.92 Å². The lowest BCUT2D eigenvalue weighted by atomic mass is 9.87. The quantitative estimate of drug-likeness (QED) is 0.346. The first kappa shape index (κ1) is 34.2. The molecule has 0 bridgehead atoms. The molecule has 4 N–H and O–H groups in total. The van der Waals surface area contributed by atoms with Gasteiger partial charge >= 0.3 is 6.09 Å². The molecule has 5 atom stereocenters. The minimum atomic E-state index is -4.00. The summed E-state index contributed by atoms with van der Waals surface area (Å²) in [5.74, 6) is -2.49. The molecule has 15 heteroatoms. The van der Waals surface area contributed by atoms with E-state index in [4.69, 9.17) is 4.74 Å². The summed E-state index contributed by atoms with van der Waals surface area (Å²) in [6.07, 6.45) is 7.17. The van der Waals surface area contributed by atoms with Gasteiger partial charge in [-0.2, -0.15) is 0 Å². The normalized spacial score (nSPS) is 31.2. The number of nitrogens with one attached hydrogen (secondary N) is 3. The number of ether oxygens (including phenoxy) is 1. The van der Waals surface area contributed by atoms with Crippen molar-refractivity contribution in [3.63, 3.8) is 0 Å². The molecule has 13 nitrogen and oxygen atoms in total. The number of fused-ring (bicyclic) bond motifs is 5. The number of aryl methyl sites for hydroxylation is 2. The third-order valence-electron chi connectivity index (χ3n) is 11.2. The molecule has 1 aromatic carbocycles. The fourth-order valence-electron chi connectivity index (χ4n) is 7.81. The van der Waals surface area contributed by atoms with Crippen molar-refractivity contribution in [2.75, 3.05) is 6.54 Å². The van der Waals surface area contributed by atoms with Crippen molar-refractivity contribution in [3.8, 4) is 5.75 Å². The number of halogens is 1. The zero-order valence-electron chi connectivity index (χ0n) is 28.1. The second-order valence-corrected chi connectivity index (χ2v) is 17.1. The van der Waals surface area contributed by atoms with Crippen LogP contribution in [0.4, 0.5) is 9.18 Å². The molecule has 3 aliphatic heterocycles. The highest BCUT2D eigenvalue weighted by Gasteiger charge is 2.64. The van der Waals surface area contributed by atoms with Crippen molar-refractivity contribution < 1.29 is 41.8 Å². The first-order valence-corrected chi connectivity index (χ1v) is 18.8. The molecule has 4 heterocycles. The van der Waals surface area contributed by atoms with Gasteiger partial charge in [-0.3, -0.25) is 19.1 Å². The van der Waals surface area contributed by atoms with E-state index >= 15 is 0 Å². The maximum Gasteiger partial charge on any atom is 0.405 e. The summed E-state index contributed by atoms with van der Waals surface area (Å²) in [7, 11) is -4.00. The van der Waals surface area contributed by atoms with Crippen LogP contribution in [0.2, 0.25) is 0 Å². The lowest BCUT2D eigenvalue weighted by Crippen LogP contribution is -2.58. The zero-order chi connectivity index (χ0) is 35.6. The molecule has 2 aliphatic carbocycles. The van der Waals surface area contributed by atoms with Crippen LogP contribution < -0.4 is 20.1 Å². The smallest absolute Gasteiger partial charge is 0.405 e. The van der Waals surface area contributed by atoms with E-state index in [2.05, 4.69) is 20.3 Å². The first-order valence-electron chi connectivity index (χ1n) is 17.3. The number of carbonyl (C=O) groups is 4. The maximum atomic E-state index is 14.4. The number of aromatic nitrogens is 1. The Labute approximate surface area is 289 Å². The van der Waals surface area contributed by atoms with Crippen molar-refractivity contribution in [2.45, 2.75) is 112 Å². The van der Waals surface area contributed by atoms with Crippen LogP contribution in [0.15, 0.2) is 30.4 Å². The Bertz CT molecular complexity index is 1930. The Morgan fingerprint density at radius 3 is 2.66 bits per heavy atom. The molecule has 0 radical (unpaired) electrons. The van der Waals surface area contributed by atoms with E-state index in [-0.39, 0.29) is 25.8 Å². The number of benzene rings is 1. The Kier molecular flexibility index (Phi) is 8.34. The van der Waals surface area contributed by atoms with E-state index in [0.717, 1.165) is 12.0 Å². The molecule has 1 spiro atoms. The monoisotopic (exact) mass is 711 g/mol. The topological polar surface area (TPSA) is 184 Å². The van der Waals surface area contributed by atoms with Crippen LogP contribution in [0.25, 0.3) is 10.9 Å². The number of hydrogen-bond donors (Lipinski definition) is 4. The van der Waals surface area contributed by atoms with Crippen LogP contribution in [0.3, 0.4) is 0 Å². The molecular formula is C35H42FN5O8S. The predicted octanol–water partition coefficient (Wildman–Crippen LogP) is 3.38. The molecule has 1 saturated heterocycles. The van der Waals surface area contributed by atoms with Gasteiger partial charge in [0, 0.05) is 23.3 Å². The lowest BCUT2D eigenvalue weighted by molar-refractivity contribution is -0.141. The summed E-state index contributed by atoms with van der Waals surface area (Å²) in [5.41, 5.74) is -0.652. The molecule has 1 aromatic heterocycles. The van der Waals surface area contributed by atoms with E-state index in [1.54, 1.807) is 19.9 Å². The second kappa shape index (κ2) is 12.2. The maximum absolute atomic E-state index is 14.4. The first-order chi connectivity index (χ1) is 23.7. The Balaban J connectivity index is 1.23. The number of nitrogens with zero attached hydrogens (tertiary/aromatic N) is 2. The Hall–Kier alpha value is -4.27. The van der Waals surface area contributed by atoms with Crippen molar-refractivity contribution >= 4 is 44.7 Å². The van der Waals surface area contributed by atoms with Gasteiger partial charge in [-0.15, -0.1) is 0 Å². The van der Waals surface area contributed by atoms with Crippen LogP contribution in [-0.2, 0) is 30.8 Å². The third-order valence-corrected chi connectivity index (χ3v) is 13.4. The number of rotatable bonds is 4. The van der Waals surface area contributed by atoms with Gasteiger partial charge in [0.1, 0.15) is 34.8 Å². The van der Waals surface area contributed by atoms with Gasteiger partial charge in [-0.05, 0) is 83.4 Å². The highest BCUT2D eigenvalue weighted by atomic mass is 32.2. The summed E-state index contributed by atoms with van der Waals surface area (Å²) in [6, 6.07) is 2.07. The summed E-state index contributed by atoms with van der Waals surface area (Å²) >= 11 is 0. The standard InChI is InChI=1S/C35H42FN5O8S/c1-20-28-23(24-16-22(36)10-11-25(24)37-20)12-13-34(49-28)18-27-29(42)39-35(31(44)40-50(47,48)33(2)14-15-33)17-21(35)8-6-4-3-5-7-9-26(38-32(45)46)30(43)41(27)19-34/h6,8,10-11,16,21,26-27,38H,3-5,7,9,12-15,17-19H2,1-2H3,(H,39,42)(H,40,44)(H,45,46)/b8-6-/t21-,26+,27+,34-,35-/m1/s1. The molecule has 0 unspecified atom stereocenters. The third kappa shape index (κ3) is 6.07. The summed E-state index contributed by atoms with van der Waals surface area (Å²) in [4.78, 5) is 60.2. The number of carboxylic acid groups (broad SMARTS) is 1. The number of allylic oxidation sites excluding steroid dienone is 1. The van der Waals surface area contributed by atoms with Gasteiger partial charge in [-0.1, -0.05) is 25.0 Å². The van der Waals surface area contributed by atoms with E-state index < -0.39 is 73.5 Å². The number of amides is 4. The van der Waals surface area contributed by atoms with Gasteiger partial charge in [0.2, 0.25) is 21.8 Å². The van der Waals surface area contributed by atoms with Gasteiger partial charge in [-0.25, -0.2) is 22.6 Å². The molecule has 5 aliphatic rings. The molecule has 268 valence electrons.